The van der Waals surface area contributed by atoms with Crippen LogP contribution in [0.2, 0.25) is 0 Å². The lowest BCUT2D eigenvalue weighted by Crippen LogP contribution is -2.40. The predicted octanol–water partition coefficient (Wildman–Crippen LogP) is 3.70. The number of anilines is 1. The van der Waals surface area contributed by atoms with Gasteiger partial charge in [-0.25, -0.2) is 0 Å². The molecule has 3 rings (SSSR count). The van der Waals surface area contributed by atoms with Gasteiger partial charge >= 0.3 is 0 Å². The summed E-state index contributed by atoms with van der Waals surface area (Å²) in [6, 6.07) is 17.3. The summed E-state index contributed by atoms with van der Waals surface area (Å²) in [5.41, 5.74) is 4.83. The summed E-state index contributed by atoms with van der Waals surface area (Å²) in [7, 11) is 0. The Morgan fingerprint density at radius 1 is 1.17 bits per heavy atom. The van der Waals surface area contributed by atoms with Gasteiger partial charge in [0, 0.05) is 44.7 Å². The van der Waals surface area contributed by atoms with Gasteiger partial charge in [0.15, 0.2) is 0 Å². The fourth-order valence-corrected chi connectivity index (χ4v) is 4.03. The quantitative estimate of drug-likeness (QED) is 0.754. The first-order valence-corrected chi connectivity index (χ1v) is 10.4. The SMILES string of the molecule is CC(=O)NCCC(=O)Nc1ccc2c(c1)CN(C(C)Cc1ccccc1)CC2C. The van der Waals surface area contributed by atoms with Gasteiger partial charge in [0.1, 0.15) is 0 Å². The van der Waals surface area contributed by atoms with E-state index in [9.17, 15) is 9.59 Å². The smallest absolute Gasteiger partial charge is 0.226 e. The summed E-state index contributed by atoms with van der Waals surface area (Å²) in [4.78, 5) is 25.6. The zero-order valence-corrected chi connectivity index (χ0v) is 17.6. The first-order chi connectivity index (χ1) is 13.9. The molecule has 2 aromatic carbocycles. The highest BCUT2D eigenvalue weighted by atomic mass is 16.2. The maximum atomic E-state index is 12.1. The number of rotatable bonds is 7. The molecule has 0 bridgehead atoms. The van der Waals surface area contributed by atoms with Crippen LogP contribution >= 0.6 is 0 Å². The second kappa shape index (κ2) is 9.70. The van der Waals surface area contributed by atoms with E-state index in [1.807, 2.05) is 6.07 Å². The molecule has 1 heterocycles. The van der Waals surface area contributed by atoms with Crippen molar-refractivity contribution in [3.8, 4) is 0 Å². The highest BCUT2D eigenvalue weighted by Gasteiger charge is 2.25. The van der Waals surface area contributed by atoms with E-state index >= 15 is 0 Å². The number of hydrogen-bond acceptors (Lipinski definition) is 3. The zero-order chi connectivity index (χ0) is 20.8. The molecular formula is C24H31N3O2. The Labute approximate surface area is 173 Å². The maximum Gasteiger partial charge on any atom is 0.226 e. The van der Waals surface area contributed by atoms with E-state index in [1.54, 1.807) is 0 Å². The molecule has 0 spiro atoms. The molecule has 0 saturated heterocycles. The van der Waals surface area contributed by atoms with Crippen LogP contribution in [-0.4, -0.2) is 35.8 Å². The third-order valence-electron chi connectivity index (χ3n) is 5.56. The standard InChI is InChI=1S/C24H31N3O2/c1-17-15-27(18(2)13-20-7-5-4-6-8-20)16-21-14-22(9-10-23(17)21)26-24(29)11-12-25-19(3)28/h4-10,14,17-18H,11-13,15-16H2,1-3H3,(H,25,28)(H,26,29). The summed E-state index contributed by atoms with van der Waals surface area (Å²) < 4.78 is 0. The van der Waals surface area contributed by atoms with Gasteiger partial charge in [0.25, 0.3) is 0 Å². The molecule has 0 aromatic heterocycles. The van der Waals surface area contributed by atoms with Crippen LogP contribution in [0.15, 0.2) is 48.5 Å². The zero-order valence-electron chi connectivity index (χ0n) is 17.6. The van der Waals surface area contributed by atoms with Crippen LogP contribution in [0.4, 0.5) is 5.69 Å². The molecule has 154 valence electrons. The van der Waals surface area contributed by atoms with Crippen LogP contribution in [0, 0.1) is 0 Å². The fraction of sp³-hybridized carbons (Fsp3) is 0.417. The molecule has 1 aliphatic rings. The van der Waals surface area contributed by atoms with Gasteiger partial charge in [-0.3, -0.25) is 14.5 Å². The number of nitrogens with zero attached hydrogens (tertiary/aromatic N) is 1. The van der Waals surface area contributed by atoms with Gasteiger partial charge in [0.05, 0.1) is 0 Å². The minimum absolute atomic E-state index is 0.0862. The van der Waals surface area contributed by atoms with Gasteiger partial charge in [-0.15, -0.1) is 0 Å². The third kappa shape index (κ3) is 5.91. The van der Waals surface area contributed by atoms with Crippen LogP contribution in [-0.2, 0) is 22.6 Å². The minimum atomic E-state index is -0.120. The van der Waals surface area contributed by atoms with Crippen molar-refractivity contribution in [1.29, 1.82) is 0 Å². The van der Waals surface area contributed by atoms with Crippen molar-refractivity contribution in [3.63, 3.8) is 0 Å². The number of amides is 2. The summed E-state index contributed by atoms with van der Waals surface area (Å²) in [6.45, 7) is 8.30. The Kier molecular flexibility index (Phi) is 7.04. The molecule has 29 heavy (non-hydrogen) atoms. The van der Waals surface area contributed by atoms with E-state index in [4.69, 9.17) is 0 Å². The van der Waals surface area contributed by atoms with Crippen LogP contribution in [0.25, 0.3) is 0 Å². The normalized spacial score (nSPS) is 17.3. The second-order valence-electron chi connectivity index (χ2n) is 8.06. The summed E-state index contributed by atoms with van der Waals surface area (Å²) in [5.74, 6) is 0.253. The summed E-state index contributed by atoms with van der Waals surface area (Å²) in [5, 5.41) is 5.61. The highest BCUT2D eigenvalue weighted by Crippen LogP contribution is 2.31. The molecule has 0 aliphatic carbocycles. The molecule has 2 N–H and O–H groups in total. The average molecular weight is 394 g/mol. The lowest BCUT2D eigenvalue weighted by atomic mass is 9.89. The maximum absolute atomic E-state index is 12.1. The molecule has 5 heteroatoms. The third-order valence-corrected chi connectivity index (χ3v) is 5.56. The van der Waals surface area contributed by atoms with E-state index < -0.39 is 0 Å². The van der Waals surface area contributed by atoms with E-state index in [0.717, 1.165) is 25.2 Å². The molecule has 2 amide bonds. The number of carbonyl (C=O) groups is 2. The summed E-state index contributed by atoms with van der Waals surface area (Å²) >= 11 is 0. The fourth-order valence-electron chi connectivity index (χ4n) is 4.03. The van der Waals surface area contributed by atoms with Crippen molar-refractivity contribution >= 4 is 17.5 Å². The van der Waals surface area contributed by atoms with Crippen LogP contribution in [0.1, 0.15) is 49.8 Å². The lowest BCUT2D eigenvalue weighted by molar-refractivity contribution is -0.119. The molecule has 2 aromatic rings. The van der Waals surface area contributed by atoms with Gasteiger partial charge < -0.3 is 10.6 Å². The molecule has 0 radical (unpaired) electrons. The minimum Gasteiger partial charge on any atom is -0.356 e. The van der Waals surface area contributed by atoms with Crippen LogP contribution in [0.5, 0.6) is 0 Å². The topological polar surface area (TPSA) is 61.4 Å². The van der Waals surface area contributed by atoms with Gasteiger partial charge in [-0.05, 0) is 48.1 Å². The van der Waals surface area contributed by atoms with Gasteiger partial charge in [0.2, 0.25) is 11.8 Å². The van der Waals surface area contributed by atoms with Crippen molar-refractivity contribution in [2.75, 3.05) is 18.4 Å². The first-order valence-electron chi connectivity index (χ1n) is 10.4. The molecule has 2 unspecified atom stereocenters. The molecule has 5 nitrogen and oxygen atoms in total. The van der Waals surface area contributed by atoms with Gasteiger partial charge in [-0.1, -0.05) is 43.3 Å². The van der Waals surface area contributed by atoms with E-state index in [2.05, 4.69) is 71.8 Å². The van der Waals surface area contributed by atoms with Gasteiger partial charge in [-0.2, -0.15) is 0 Å². The van der Waals surface area contributed by atoms with Crippen molar-refractivity contribution < 1.29 is 9.59 Å². The number of nitrogens with one attached hydrogen (secondary N) is 2. The first kappa shape index (κ1) is 21.1. The van der Waals surface area contributed by atoms with Crippen molar-refractivity contribution in [2.24, 2.45) is 0 Å². The van der Waals surface area contributed by atoms with Crippen molar-refractivity contribution in [1.82, 2.24) is 10.2 Å². The van der Waals surface area contributed by atoms with E-state index in [1.165, 1.54) is 23.6 Å². The van der Waals surface area contributed by atoms with E-state index in [0.29, 0.717) is 18.5 Å². The van der Waals surface area contributed by atoms with Crippen LogP contribution < -0.4 is 10.6 Å². The average Bonchev–Trinajstić information content (AvgIpc) is 2.68. The number of carbonyl (C=O) groups excluding carboxylic acids is 2. The number of hydrogen-bond donors (Lipinski definition) is 2. The Morgan fingerprint density at radius 3 is 2.66 bits per heavy atom. The van der Waals surface area contributed by atoms with E-state index in [-0.39, 0.29) is 18.2 Å². The Hall–Kier alpha value is -2.66. The second-order valence-corrected chi connectivity index (χ2v) is 8.06. The van der Waals surface area contributed by atoms with Crippen molar-refractivity contribution in [3.05, 3.63) is 65.2 Å². The summed E-state index contributed by atoms with van der Waals surface area (Å²) in [6.07, 6.45) is 1.30. The highest BCUT2D eigenvalue weighted by molar-refractivity contribution is 5.91. The lowest BCUT2D eigenvalue weighted by Gasteiger charge is -2.37. The molecular weight excluding hydrogens is 362 g/mol. The monoisotopic (exact) mass is 393 g/mol. The van der Waals surface area contributed by atoms with Crippen LogP contribution in [0.3, 0.4) is 0 Å². The van der Waals surface area contributed by atoms with Crippen molar-refractivity contribution in [2.45, 2.75) is 52.1 Å². The largest absolute Gasteiger partial charge is 0.356 e. The molecule has 1 aliphatic heterocycles. The Balaban J connectivity index is 1.64. The number of fused-ring (bicyclic) bond motifs is 1. The predicted molar refractivity (Wildman–Crippen MR) is 117 cm³/mol. The molecule has 0 saturated carbocycles. The molecule has 2 atom stereocenters. The Morgan fingerprint density at radius 2 is 1.93 bits per heavy atom. The number of benzene rings is 2. The molecule has 0 fully saturated rings. The Bertz CT molecular complexity index is 850.